The number of hydrogen-bond acceptors (Lipinski definition) is 14. The lowest BCUT2D eigenvalue weighted by molar-refractivity contribution is -0.153. The highest BCUT2D eigenvalue weighted by molar-refractivity contribution is 7.89. The van der Waals surface area contributed by atoms with E-state index in [2.05, 4.69) is 12.2 Å². The van der Waals surface area contributed by atoms with E-state index in [1.165, 1.54) is 23.4 Å². The maximum absolute atomic E-state index is 14.1. The lowest BCUT2D eigenvalue weighted by Gasteiger charge is -2.31. The predicted octanol–water partition coefficient (Wildman–Crippen LogP) is 7.47. The SMILES string of the molecule is CCCCOc1ccc(S(=O)(=O)N(CC(C)C)C[C@@H](O)[C@H](Cc2ccc(OCP(=O)(OCCCC)O[C@@H](C)C(=O)OCc3ccccc3)cc2)NC(=O)O[C@H]2CO[C@H]3OCC[C@H]32)cc1. The summed E-state index contributed by atoms with van der Waals surface area (Å²) in [6, 6.07) is 21.0. The highest BCUT2D eigenvalue weighted by atomic mass is 32.2. The molecule has 2 fully saturated rings. The zero-order valence-corrected chi connectivity index (χ0v) is 39.2. The topological polar surface area (TPSA) is 195 Å². The Balaban J connectivity index is 1.28. The number of unbranched alkanes of at least 4 members (excludes halogenated alkanes) is 2. The zero-order chi connectivity index (χ0) is 46.1. The van der Waals surface area contributed by atoms with Crippen LogP contribution in [0.3, 0.4) is 0 Å². The first kappa shape index (κ1) is 50.9. The first-order valence-electron chi connectivity index (χ1n) is 22.1. The Hall–Kier alpha value is -4.06. The van der Waals surface area contributed by atoms with Crippen molar-refractivity contribution in [1.29, 1.82) is 0 Å². The summed E-state index contributed by atoms with van der Waals surface area (Å²) in [7, 11) is -8.06. The number of sulfonamides is 1. The maximum Gasteiger partial charge on any atom is 0.407 e. The van der Waals surface area contributed by atoms with Gasteiger partial charge in [-0.25, -0.2) is 18.0 Å². The van der Waals surface area contributed by atoms with Gasteiger partial charge in [-0.1, -0.05) is 83.0 Å². The van der Waals surface area contributed by atoms with Crippen molar-refractivity contribution in [2.45, 2.75) is 115 Å². The van der Waals surface area contributed by atoms with Crippen LogP contribution in [0.25, 0.3) is 0 Å². The van der Waals surface area contributed by atoms with E-state index in [4.69, 9.17) is 37.5 Å². The highest BCUT2D eigenvalue weighted by Crippen LogP contribution is 2.49. The van der Waals surface area contributed by atoms with Crippen molar-refractivity contribution in [2.75, 3.05) is 45.9 Å². The van der Waals surface area contributed by atoms with Gasteiger partial charge in [-0.3, -0.25) is 9.09 Å². The average Bonchev–Trinajstić information content (AvgIpc) is 3.90. The third kappa shape index (κ3) is 15.5. The Morgan fingerprint density at radius 3 is 2.23 bits per heavy atom. The lowest BCUT2D eigenvalue weighted by atomic mass is 10.0. The van der Waals surface area contributed by atoms with Gasteiger partial charge in [0.25, 0.3) is 0 Å². The van der Waals surface area contributed by atoms with Gasteiger partial charge < -0.3 is 43.4 Å². The van der Waals surface area contributed by atoms with Gasteiger partial charge in [0.1, 0.15) is 24.2 Å². The average molecular weight is 933 g/mol. The number of fused-ring (bicyclic) bond motifs is 1. The van der Waals surface area contributed by atoms with Crippen LogP contribution in [0.2, 0.25) is 0 Å². The Morgan fingerprint density at radius 1 is 0.875 bits per heavy atom. The summed E-state index contributed by atoms with van der Waals surface area (Å²) in [6.45, 7) is 10.3. The molecule has 3 aromatic rings. The second-order valence-corrected chi connectivity index (χ2v) is 20.3. The number of aliphatic hydroxyl groups is 1. The zero-order valence-electron chi connectivity index (χ0n) is 37.5. The summed E-state index contributed by atoms with van der Waals surface area (Å²) in [5.74, 6) is -0.0609. The monoisotopic (exact) mass is 932 g/mol. The van der Waals surface area contributed by atoms with Crippen LogP contribution in [0, 0.1) is 11.8 Å². The molecule has 5 rings (SSSR count). The summed E-state index contributed by atoms with van der Waals surface area (Å²) >= 11 is 0. The molecule has 2 N–H and O–H groups in total. The van der Waals surface area contributed by atoms with Crippen molar-refractivity contribution in [3.05, 3.63) is 90.0 Å². The summed E-state index contributed by atoms with van der Waals surface area (Å²) in [4.78, 5) is 26.3. The number of amides is 1. The number of rotatable bonds is 27. The molecule has 0 aliphatic carbocycles. The lowest BCUT2D eigenvalue weighted by Crippen LogP contribution is -2.51. The van der Waals surface area contributed by atoms with Crippen LogP contribution in [-0.2, 0) is 60.4 Å². The predicted molar refractivity (Wildman–Crippen MR) is 238 cm³/mol. The van der Waals surface area contributed by atoms with E-state index < -0.39 is 66.7 Å². The summed E-state index contributed by atoms with van der Waals surface area (Å²) in [6.07, 6.45) is -0.927. The van der Waals surface area contributed by atoms with Gasteiger partial charge in [0.15, 0.2) is 18.7 Å². The normalized spacial score (nSPS) is 19.7. The minimum atomic E-state index is -4.10. The fourth-order valence-corrected chi connectivity index (χ4v) is 10.2. The standard InChI is InChI=1S/C46H65N2O14PS/c1-6-8-24-55-37-19-21-39(22-20-37)64(53,54)48(28-33(3)4)29-42(49)41(47-46(51)61-43-31-58-45-40(43)23-26-56-45)27-35-15-17-38(18-16-35)59-32-63(52,60-25-9-7-2)62-34(5)44(50)57-30-36-13-11-10-12-14-36/h10-22,33-34,40-43,45,49H,6-9,23-32H2,1-5H3,(H,47,51)/t34-,40-,41-,42+,43-,45+,63?/m0/s1. The van der Waals surface area contributed by atoms with E-state index >= 15 is 0 Å². The molecule has 3 aromatic carbocycles. The molecule has 1 unspecified atom stereocenters. The van der Waals surface area contributed by atoms with Crippen LogP contribution < -0.4 is 14.8 Å². The van der Waals surface area contributed by atoms with Gasteiger partial charge >= 0.3 is 19.7 Å². The Bertz CT molecular complexity index is 2040. The van der Waals surface area contributed by atoms with Crippen molar-refractivity contribution >= 4 is 29.7 Å². The van der Waals surface area contributed by atoms with Crippen molar-refractivity contribution in [1.82, 2.24) is 9.62 Å². The first-order valence-corrected chi connectivity index (χ1v) is 25.3. The van der Waals surface area contributed by atoms with Gasteiger partial charge in [-0.05, 0) is 86.1 Å². The molecule has 18 heteroatoms. The fourth-order valence-electron chi connectivity index (χ4n) is 7.06. The molecule has 0 aromatic heterocycles. The molecule has 354 valence electrons. The van der Waals surface area contributed by atoms with Crippen molar-refractivity contribution in [2.24, 2.45) is 11.8 Å². The van der Waals surface area contributed by atoms with Crippen molar-refractivity contribution in [3.8, 4) is 11.5 Å². The summed E-state index contributed by atoms with van der Waals surface area (Å²) in [5.41, 5.74) is 1.44. The van der Waals surface area contributed by atoms with Gasteiger partial charge in [-0.2, -0.15) is 4.31 Å². The quantitative estimate of drug-likeness (QED) is 0.0434. The van der Waals surface area contributed by atoms with Crippen LogP contribution in [0.5, 0.6) is 11.5 Å². The molecular weight excluding hydrogens is 868 g/mol. The number of carbonyl (C=O) groups excluding carboxylic acids is 2. The van der Waals surface area contributed by atoms with Crippen molar-refractivity contribution in [3.63, 3.8) is 0 Å². The number of hydrogen-bond donors (Lipinski definition) is 2. The van der Waals surface area contributed by atoms with E-state index in [1.54, 1.807) is 36.4 Å². The number of esters is 1. The molecule has 2 heterocycles. The third-order valence-electron chi connectivity index (χ3n) is 10.6. The van der Waals surface area contributed by atoms with Crippen LogP contribution in [-0.4, -0.2) is 106 Å². The molecule has 64 heavy (non-hydrogen) atoms. The molecule has 0 bridgehead atoms. The van der Waals surface area contributed by atoms with E-state index in [0.717, 1.165) is 24.8 Å². The van der Waals surface area contributed by atoms with Gasteiger partial charge in [0.2, 0.25) is 10.0 Å². The fraction of sp³-hybridized carbons (Fsp3) is 0.565. The Labute approximate surface area is 377 Å². The molecule has 0 saturated carbocycles. The van der Waals surface area contributed by atoms with Gasteiger partial charge in [0, 0.05) is 13.1 Å². The smallest absolute Gasteiger partial charge is 0.407 e. The van der Waals surface area contributed by atoms with Crippen LogP contribution in [0.15, 0.2) is 83.8 Å². The number of benzene rings is 3. The van der Waals surface area contributed by atoms with Gasteiger partial charge in [0.05, 0.1) is 49.4 Å². The molecule has 0 radical (unpaired) electrons. The third-order valence-corrected chi connectivity index (χ3v) is 14.1. The first-order chi connectivity index (χ1) is 30.7. The number of aliphatic hydroxyl groups excluding tert-OH is 1. The molecule has 2 aliphatic rings. The largest absolute Gasteiger partial charge is 0.494 e. The second-order valence-electron chi connectivity index (χ2n) is 16.4. The van der Waals surface area contributed by atoms with Crippen LogP contribution >= 0.6 is 7.60 Å². The van der Waals surface area contributed by atoms with E-state index in [1.807, 2.05) is 51.1 Å². The van der Waals surface area contributed by atoms with E-state index in [-0.39, 0.29) is 56.1 Å². The van der Waals surface area contributed by atoms with Crippen molar-refractivity contribution < 1.29 is 65.1 Å². The number of nitrogens with one attached hydrogen (secondary N) is 1. The number of ether oxygens (including phenoxy) is 6. The number of nitrogens with zero attached hydrogens (tertiary/aromatic N) is 1. The molecule has 0 spiro atoms. The van der Waals surface area contributed by atoms with E-state index in [9.17, 15) is 27.7 Å². The molecule has 2 aliphatic heterocycles. The molecule has 7 atom stereocenters. The van der Waals surface area contributed by atoms with E-state index in [0.29, 0.717) is 43.1 Å². The minimum Gasteiger partial charge on any atom is -0.494 e. The number of carbonyl (C=O) groups is 2. The highest BCUT2D eigenvalue weighted by Gasteiger charge is 2.44. The number of alkyl carbamates (subject to hydrolysis) is 1. The molecule has 1 amide bonds. The minimum absolute atomic E-state index is 0.0246. The second kappa shape index (κ2) is 25.0. The summed E-state index contributed by atoms with van der Waals surface area (Å²) in [5, 5.41) is 14.6. The summed E-state index contributed by atoms with van der Waals surface area (Å²) < 4.78 is 88.6. The maximum atomic E-state index is 14.1. The van der Waals surface area contributed by atoms with Crippen LogP contribution in [0.1, 0.15) is 77.8 Å². The molecular formula is C46H65N2O14PS. The van der Waals surface area contributed by atoms with Gasteiger partial charge in [-0.15, -0.1) is 0 Å². The molecule has 2 saturated heterocycles. The van der Waals surface area contributed by atoms with Crippen LogP contribution in [0.4, 0.5) is 4.79 Å². The Kier molecular flexibility index (Phi) is 19.9. The Morgan fingerprint density at radius 2 is 1.55 bits per heavy atom. The molecule has 16 nitrogen and oxygen atoms in total.